The highest BCUT2D eigenvalue weighted by atomic mass is 16.5. The highest BCUT2D eigenvalue weighted by molar-refractivity contribution is 5.39. The molecule has 2 N–H and O–H groups in total. The van der Waals surface area contributed by atoms with Crippen molar-refractivity contribution in [3.8, 4) is 23.0 Å². The molecule has 2 unspecified atom stereocenters. The fourth-order valence-electron chi connectivity index (χ4n) is 4.05. The molecule has 37 heavy (non-hydrogen) atoms. The van der Waals surface area contributed by atoms with Gasteiger partial charge in [0.2, 0.25) is 0 Å². The van der Waals surface area contributed by atoms with Gasteiger partial charge in [-0.1, -0.05) is 62.4 Å². The van der Waals surface area contributed by atoms with Gasteiger partial charge in [0, 0.05) is 0 Å². The molecule has 0 spiro atoms. The highest BCUT2D eigenvalue weighted by Crippen LogP contribution is 2.38. The number of phenols is 2. The maximum Gasteiger partial charge on any atom is 0.119 e. The third kappa shape index (κ3) is 7.05. The minimum atomic E-state index is -0.421. The SMILES string of the molecule is CCCOc1ccc(C(OC(c2ccc(O)cc2)c2ccc(OCCC)cc2)c2ccc(O)cc2)cc1. The standard InChI is InChI=1S/C32H34O5/c1-3-21-35-29-17-9-25(10-18-29)31(23-5-13-27(33)14-6-23)37-32(24-7-15-28(34)16-8-24)26-11-19-30(20-12-26)36-22-4-2/h5-20,31-34H,3-4,21-22H2,1-2H3. The summed E-state index contributed by atoms with van der Waals surface area (Å²) in [6.07, 6.45) is 1.04. The van der Waals surface area contributed by atoms with Gasteiger partial charge in [-0.25, -0.2) is 0 Å². The summed E-state index contributed by atoms with van der Waals surface area (Å²) in [5, 5.41) is 19.8. The topological polar surface area (TPSA) is 68.2 Å². The van der Waals surface area contributed by atoms with Gasteiger partial charge in [-0.2, -0.15) is 0 Å². The van der Waals surface area contributed by atoms with E-state index in [9.17, 15) is 10.2 Å². The van der Waals surface area contributed by atoms with Gasteiger partial charge in [-0.15, -0.1) is 0 Å². The first-order chi connectivity index (χ1) is 18.1. The van der Waals surface area contributed by atoms with Crippen molar-refractivity contribution in [2.75, 3.05) is 13.2 Å². The first-order valence-corrected chi connectivity index (χ1v) is 12.8. The number of hydrogen-bond acceptors (Lipinski definition) is 5. The molecule has 0 bridgehead atoms. The molecule has 0 saturated carbocycles. The van der Waals surface area contributed by atoms with Gasteiger partial charge in [0.15, 0.2) is 0 Å². The molecule has 0 saturated heterocycles. The van der Waals surface area contributed by atoms with E-state index in [1.807, 2.05) is 72.8 Å². The van der Waals surface area contributed by atoms with Crippen LogP contribution in [-0.4, -0.2) is 23.4 Å². The molecule has 0 aliphatic rings. The van der Waals surface area contributed by atoms with Crippen molar-refractivity contribution in [3.05, 3.63) is 119 Å². The largest absolute Gasteiger partial charge is 0.508 e. The Bertz CT molecular complexity index is 1120. The lowest BCUT2D eigenvalue weighted by atomic mass is 9.97. The minimum absolute atomic E-state index is 0.198. The van der Waals surface area contributed by atoms with Crippen LogP contribution in [0, 0.1) is 0 Å². The Morgan fingerprint density at radius 2 is 0.784 bits per heavy atom. The number of ether oxygens (including phenoxy) is 3. The van der Waals surface area contributed by atoms with Crippen LogP contribution in [0.25, 0.3) is 0 Å². The number of aromatic hydroxyl groups is 2. The number of benzene rings is 4. The smallest absolute Gasteiger partial charge is 0.119 e. The zero-order valence-corrected chi connectivity index (χ0v) is 21.3. The van der Waals surface area contributed by atoms with E-state index in [1.165, 1.54) is 0 Å². The lowest BCUT2D eigenvalue weighted by Gasteiger charge is -2.27. The molecular weight excluding hydrogens is 464 g/mol. The van der Waals surface area contributed by atoms with Gasteiger partial charge in [-0.05, 0) is 83.6 Å². The maximum atomic E-state index is 9.89. The summed E-state index contributed by atoms with van der Waals surface area (Å²) in [7, 11) is 0. The molecule has 4 aromatic carbocycles. The second-order valence-corrected chi connectivity index (χ2v) is 8.91. The van der Waals surface area contributed by atoms with E-state index in [2.05, 4.69) is 13.8 Å². The van der Waals surface area contributed by atoms with Crippen LogP contribution in [0.5, 0.6) is 23.0 Å². The molecule has 192 valence electrons. The maximum absolute atomic E-state index is 9.89. The monoisotopic (exact) mass is 498 g/mol. The Labute approximate surface area is 218 Å². The van der Waals surface area contributed by atoms with Crippen molar-refractivity contribution in [3.63, 3.8) is 0 Å². The second-order valence-electron chi connectivity index (χ2n) is 8.91. The molecule has 0 radical (unpaired) electrons. The summed E-state index contributed by atoms with van der Waals surface area (Å²) in [5.41, 5.74) is 3.74. The van der Waals surface area contributed by atoms with Crippen LogP contribution in [0.4, 0.5) is 0 Å². The highest BCUT2D eigenvalue weighted by Gasteiger charge is 2.24. The van der Waals surface area contributed by atoms with Crippen molar-refractivity contribution in [1.29, 1.82) is 0 Å². The number of rotatable bonds is 12. The van der Waals surface area contributed by atoms with Crippen molar-refractivity contribution < 1.29 is 24.4 Å². The molecule has 2 atom stereocenters. The molecule has 0 heterocycles. The molecule has 0 aromatic heterocycles. The first-order valence-electron chi connectivity index (χ1n) is 12.8. The molecule has 0 amide bonds. The Morgan fingerprint density at radius 1 is 0.486 bits per heavy atom. The lowest BCUT2D eigenvalue weighted by molar-refractivity contribution is 0.0307. The van der Waals surface area contributed by atoms with Crippen LogP contribution in [-0.2, 0) is 4.74 Å². The minimum Gasteiger partial charge on any atom is -0.508 e. The van der Waals surface area contributed by atoms with Gasteiger partial charge >= 0.3 is 0 Å². The average molecular weight is 499 g/mol. The molecular formula is C32H34O5. The lowest BCUT2D eigenvalue weighted by Crippen LogP contribution is -2.13. The van der Waals surface area contributed by atoms with Crippen LogP contribution < -0.4 is 9.47 Å². The third-order valence-corrected chi connectivity index (χ3v) is 5.98. The zero-order chi connectivity index (χ0) is 26.0. The Hall–Kier alpha value is -3.96. The summed E-state index contributed by atoms with van der Waals surface area (Å²) in [5.74, 6) is 2.02. The second kappa shape index (κ2) is 12.8. The van der Waals surface area contributed by atoms with Gasteiger partial charge in [0.1, 0.15) is 35.2 Å². The van der Waals surface area contributed by atoms with Crippen LogP contribution in [0.1, 0.15) is 61.2 Å². The van der Waals surface area contributed by atoms with Crippen molar-refractivity contribution in [2.45, 2.75) is 38.9 Å². The average Bonchev–Trinajstić information content (AvgIpc) is 2.93. The fraction of sp³-hybridized carbons (Fsp3) is 0.250. The van der Waals surface area contributed by atoms with E-state index in [0.717, 1.165) is 46.6 Å². The van der Waals surface area contributed by atoms with Crippen LogP contribution in [0.3, 0.4) is 0 Å². The van der Waals surface area contributed by atoms with Crippen LogP contribution >= 0.6 is 0 Å². The molecule has 5 nitrogen and oxygen atoms in total. The van der Waals surface area contributed by atoms with Gasteiger partial charge in [-0.3, -0.25) is 0 Å². The van der Waals surface area contributed by atoms with Gasteiger partial charge < -0.3 is 24.4 Å². The van der Waals surface area contributed by atoms with E-state index >= 15 is 0 Å². The summed E-state index contributed by atoms with van der Waals surface area (Å²) in [4.78, 5) is 0. The summed E-state index contributed by atoms with van der Waals surface area (Å²) >= 11 is 0. The van der Waals surface area contributed by atoms with E-state index in [1.54, 1.807) is 24.3 Å². The van der Waals surface area contributed by atoms with Crippen molar-refractivity contribution in [2.24, 2.45) is 0 Å². The Balaban J connectivity index is 1.71. The predicted octanol–water partition coefficient (Wildman–Crippen LogP) is 7.57. The molecule has 0 aliphatic carbocycles. The fourth-order valence-corrected chi connectivity index (χ4v) is 4.05. The van der Waals surface area contributed by atoms with Crippen LogP contribution in [0.2, 0.25) is 0 Å². The molecule has 0 aliphatic heterocycles. The van der Waals surface area contributed by atoms with Crippen molar-refractivity contribution >= 4 is 0 Å². The number of hydrogen-bond donors (Lipinski definition) is 2. The van der Waals surface area contributed by atoms with Gasteiger partial charge in [0.05, 0.1) is 13.2 Å². The van der Waals surface area contributed by atoms with E-state index in [4.69, 9.17) is 14.2 Å². The summed E-state index contributed by atoms with van der Waals surface area (Å²) in [6, 6.07) is 30.0. The normalized spacial score (nSPS) is 12.6. The Kier molecular flexibility index (Phi) is 9.06. The molecule has 0 fully saturated rings. The predicted molar refractivity (Wildman–Crippen MR) is 145 cm³/mol. The van der Waals surface area contributed by atoms with Gasteiger partial charge in [0.25, 0.3) is 0 Å². The van der Waals surface area contributed by atoms with Crippen LogP contribution in [0.15, 0.2) is 97.1 Å². The quantitative estimate of drug-likeness (QED) is 0.211. The molecule has 5 heteroatoms. The molecule has 4 aromatic rings. The third-order valence-electron chi connectivity index (χ3n) is 5.98. The van der Waals surface area contributed by atoms with E-state index < -0.39 is 12.2 Å². The first kappa shape index (κ1) is 26.1. The number of phenolic OH excluding ortho intramolecular Hbond substituents is 2. The Morgan fingerprint density at radius 3 is 1.08 bits per heavy atom. The van der Waals surface area contributed by atoms with E-state index in [-0.39, 0.29) is 11.5 Å². The van der Waals surface area contributed by atoms with E-state index in [0.29, 0.717) is 13.2 Å². The zero-order valence-electron chi connectivity index (χ0n) is 21.3. The summed E-state index contributed by atoms with van der Waals surface area (Å²) < 4.78 is 18.4. The summed E-state index contributed by atoms with van der Waals surface area (Å²) in [6.45, 7) is 5.49. The molecule has 4 rings (SSSR count). The van der Waals surface area contributed by atoms with Crippen molar-refractivity contribution in [1.82, 2.24) is 0 Å².